The summed E-state index contributed by atoms with van der Waals surface area (Å²) in [4.78, 5) is 22.7. The first-order valence-corrected chi connectivity index (χ1v) is 10.6. The Balaban J connectivity index is 0.000000523. The van der Waals surface area contributed by atoms with Gasteiger partial charge in [0, 0.05) is 46.4 Å². The molecule has 3 aromatic carbocycles. The van der Waals surface area contributed by atoms with Crippen molar-refractivity contribution >= 4 is 39.1 Å². The highest BCUT2D eigenvalue weighted by molar-refractivity contribution is 6.15. The molecule has 164 valence electrons. The summed E-state index contributed by atoms with van der Waals surface area (Å²) in [6.07, 6.45) is 0. The third-order valence-electron chi connectivity index (χ3n) is 5.61. The minimum Gasteiger partial charge on any atom is -0.469 e. The van der Waals surface area contributed by atoms with Gasteiger partial charge in [0.2, 0.25) is 0 Å². The number of allylic oxidation sites excluding steroid dienone is 1. The predicted octanol–water partition coefficient (Wildman–Crippen LogP) is 6.57. The number of hydrogen-bond donors (Lipinski definition) is 0. The van der Waals surface area contributed by atoms with Crippen LogP contribution >= 0.6 is 0 Å². The van der Waals surface area contributed by atoms with Crippen molar-refractivity contribution in [3.8, 4) is 0 Å². The molecule has 0 saturated carbocycles. The number of hydrogen-bond acceptors (Lipinski definition) is 3. The molecule has 0 N–H and O–H groups in total. The maximum absolute atomic E-state index is 13.1. The molecular formula is C28H29NO3. The number of benzene rings is 3. The van der Waals surface area contributed by atoms with E-state index >= 15 is 0 Å². The molecule has 4 aromatic rings. The van der Waals surface area contributed by atoms with Crippen LogP contribution in [-0.2, 0) is 16.1 Å². The number of esters is 1. The Morgan fingerprint density at radius 3 is 1.94 bits per heavy atom. The van der Waals surface area contributed by atoms with E-state index in [9.17, 15) is 9.59 Å². The van der Waals surface area contributed by atoms with Crippen LogP contribution in [0.5, 0.6) is 0 Å². The van der Waals surface area contributed by atoms with Crippen LogP contribution < -0.4 is 0 Å². The number of ketones is 1. The van der Waals surface area contributed by atoms with Gasteiger partial charge >= 0.3 is 5.97 Å². The molecular weight excluding hydrogens is 398 g/mol. The summed E-state index contributed by atoms with van der Waals surface area (Å²) in [5.41, 5.74) is 7.02. The zero-order valence-corrected chi connectivity index (χ0v) is 19.4. The van der Waals surface area contributed by atoms with E-state index in [1.165, 1.54) is 24.9 Å². The SMILES string of the molecule is C=C(C)c1ccc2c(c1)c1cc(C(=O)c3ccccc3C)ccc1n2CC.COC(C)=O. The van der Waals surface area contributed by atoms with Crippen molar-refractivity contribution < 1.29 is 14.3 Å². The van der Waals surface area contributed by atoms with Crippen LogP contribution in [0.3, 0.4) is 0 Å². The fourth-order valence-corrected chi connectivity index (χ4v) is 3.83. The number of carbonyl (C=O) groups excluding carboxylic acids is 2. The first-order valence-electron chi connectivity index (χ1n) is 10.6. The molecule has 0 saturated heterocycles. The van der Waals surface area contributed by atoms with Crippen LogP contribution in [-0.4, -0.2) is 23.4 Å². The van der Waals surface area contributed by atoms with Gasteiger partial charge in [-0.25, -0.2) is 0 Å². The Kier molecular flexibility index (Phi) is 6.94. The van der Waals surface area contributed by atoms with Crippen LogP contribution in [0.4, 0.5) is 0 Å². The van der Waals surface area contributed by atoms with Gasteiger partial charge in [0.15, 0.2) is 5.78 Å². The molecule has 0 spiro atoms. The molecule has 1 heterocycles. The van der Waals surface area contributed by atoms with Crippen LogP contribution in [0.25, 0.3) is 27.4 Å². The lowest BCUT2D eigenvalue weighted by atomic mass is 9.97. The molecule has 4 rings (SSSR count). The van der Waals surface area contributed by atoms with E-state index in [0.29, 0.717) is 0 Å². The van der Waals surface area contributed by atoms with Crippen molar-refractivity contribution in [1.29, 1.82) is 0 Å². The number of rotatable bonds is 4. The molecule has 0 amide bonds. The van der Waals surface area contributed by atoms with Gasteiger partial charge in [0.1, 0.15) is 0 Å². The van der Waals surface area contributed by atoms with E-state index in [2.05, 4.69) is 47.1 Å². The van der Waals surface area contributed by atoms with Gasteiger partial charge in [0.25, 0.3) is 0 Å². The van der Waals surface area contributed by atoms with Crippen molar-refractivity contribution in [3.63, 3.8) is 0 Å². The minimum absolute atomic E-state index is 0.0726. The summed E-state index contributed by atoms with van der Waals surface area (Å²) in [5, 5.41) is 2.29. The molecule has 4 nitrogen and oxygen atoms in total. The lowest BCUT2D eigenvalue weighted by molar-refractivity contribution is -0.137. The standard InChI is InChI=1S/C25H23NO.C3H6O2/c1-5-26-23-12-10-18(16(2)3)14-21(23)22-15-19(11-13-24(22)26)25(27)20-9-7-6-8-17(20)4;1-3(4)5-2/h6-15H,2,5H2,1,3-4H3;1-2H3. The van der Waals surface area contributed by atoms with Crippen molar-refractivity contribution in [1.82, 2.24) is 4.57 Å². The quantitative estimate of drug-likeness (QED) is 0.273. The van der Waals surface area contributed by atoms with Gasteiger partial charge in [-0.3, -0.25) is 9.59 Å². The van der Waals surface area contributed by atoms with E-state index < -0.39 is 0 Å². The average molecular weight is 428 g/mol. The molecule has 1 aromatic heterocycles. The number of nitrogens with zero attached hydrogens (tertiary/aromatic N) is 1. The summed E-state index contributed by atoms with van der Waals surface area (Å²) >= 11 is 0. The van der Waals surface area contributed by atoms with Gasteiger partial charge in [-0.1, -0.05) is 42.5 Å². The van der Waals surface area contributed by atoms with Gasteiger partial charge in [-0.05, 0) is 62.2 Å². The van der Waals surface area contributed by atoms with Crippen LogP contribution in [0.2, 0.25) is 0 Å². The number of fused-ring (bicyclic) bond motifs is 3. The van der Waals surface area contributed by atoms with E-state index in [1.54, 1.807) is 0 Å². The van der Waals surface area contributed by atoms with Crippen LogP contribution in [0.1, 0.15) is 47.8 Å². The van der Waals surface area contributed by atoms with Gasteiger partial charge in [-0.2, -0.15) is 0 Å². The zero-order chi connectivity index (χ0) is 23.4. The van der Waals surface area contributed by atoms with E-state index in [4.69, 9.17) is 0 Å². The normalized spacial score (nSPS) is 10.5. The maximum atomic E-state index is 13.1. The number of aryl methyl sites for hydroxylation is 2. The molecule has 0 atom stereocenters. The van der Waals surface area contributed by atoms with Gasteiger partial charge < -0.3 is 9.30 Å². The van der Waals surface area contributed by atoms with Crippen molar-refractivity contribution in [2.75, 3.05) is 7.11 Å². The summed E-state index contributed by atoms with van der Waals surface area (Å²) in [6.45, 7) is 12.5. The average Bonchev–Trinajstić information content (AvgIpc) is 3.11. The fraction of sp³-hybridized carbons (Fsp3) is 0.214. The molecule has 32 heavy (non-hydrogen) atoms. The molecule has 0 aliphatic heterocycles. The number of ether oxygens (including phenoxy) is 1. The topological polar surface area (TPSA) is 48.3 Å². The molecule has 0 unspecified atom stereocenters. The summed E-state index contributed by atoms with van der Waals surface area (Å²) in [6, 6.07) is 20.3. The first kappa shape index (κ1) is 23.0. The summed E-state index contributed by atoms with van der Waals surface area (Å²) < 4.78 is 6.41. The van der Waals surface area contributed by atoms with Crippen LogP contribution in [0.15, 0.2) is 67.2 Å². The van der Waals surface area contributed by atoms with E-state index in [1.807, 2.05) is 50.2 Å². The Morgan fingerprint density at radius 2 is 1.44 bits per heavy atom. The van der Waals surface area contributed by atoms with Gasteiger partial charge in [0.05, 0.1) is 7.11 Å². The second-order valence-electron chi connectivity index (χ2n) is 7.83. The summed E-state index contributed by atoms with van der Waals surface area (Å²) in [5.74, 6) is -0.173. The lowest BCUT2D eigenvalue weighted by Gasteiger charge is -2.06. The Labute approximate surface area is 189 Å². The van der Waals surface area contributed by atoms with E-state index in [-0.39, 0.29) is 11.8 Å². The second kappa shape index (κ2) is 9.65. The van der Waals surface area contributed by atoms with Gasteiger partial charge in [-0.15, -0.1) is 0 Å². The first-order chi connectivity index (χ1) is 15.3. The maximum Gasteiger partial charge on any atom is 0.302 e. The molecule has 0 aliphatic carbocycles. The predicted molar refractivity (Wildman–Crippen MR) is 132 cm³/mol. The van der Waals surface area contributed by atoms with Crippen molar-refractivity contribution in [3.05, 3.63) is 89.5 Å². The molecule has 4 heteroatoms. The Morgan fingerprint density at radius 1 is 0.906 bits per heavy atom. The molecule has 0 bridgehead atoms. The van der Waals surface area contributed by atoms with Crippen molar-refractivity contribution in [2.24, 2.45) is 0 Å². The smallest absolute Gasteiger partial charge is 0.302 e. The monoisotopic (exact) mass is 427 g/mol. The third kappa shape index (κ3) is 4.50. The number of methoxy groups -OCH3 is 1. The lowest BCUT2D eigenvalue weighted by Crippen LogP contribution is -2.03. The van der Waals surface area contributed by atoms with E-state index in [0.717, 1.165) is 45.3 Å². The highest BCUT2D eigenvalue weighted by Crippen LogP contribution is 2.32. The highest BCUT2D eigenvalue weighted by Gasteiger charge is 2.15. The highest BCUT2D eigenvalue weighted by atomic mass is 16.5. The van der Waals surface area contributed by atoms with Crippen LogP contribution in [0, 0.1) is 6.92 Å². The molecule has 0 radical (unpaired) electrons. The van der Waals surface area contributed by atoms with Crippen molar-refractivity contribution in [2.45, 2.75) is 34.2 Å². The fourth-order valence-electron chi connectivity index (χ4n) is 3.83. The number of aromatic nitrogens is 1. The Hall–Kier alpha value is -3.66. The number of carbonyl (C=O) groups is 2. The molecule has 0 fully saturated rings. The second-order valence-corrected chi connectivity index (χ2v) is 7.83. The minimum atomic E-state index is -0.245. The molecule has 0 aliphatic rings. The largest absolute Gasteiger partial charge is 0.469 e. The Bertz CT molecular complexity index is 1330. The zero-order valence-electron chi connectivity index (χ0n) is 19.4. The summed E-state index contributed by atoms with van der Waals surface area (Å²) in [7, 11) is 1.35. The third-order valence-corrected chi connectivity index (χ3v) is 5.61.